The van der Waals surface area contributed by atoms with Gasteiger partial charge >= 0.3 is 0 Å². The van der Waals surface area contributed by atoms with Crippen LogP contribution in [0.15, 0.2) is 18.2 Å². The van der Waals surface area contributed by atoms with E-state index in [1.165, 1.54) is 12.1 Å². The zero-order valence-electron chi connectivity index (χ0n) is 10.9. The first kappa shape index (κ1) is 13.6. The molecular weight excluding hydrogens is 250 g/mol. The molecule has 0 aromatic heterocycles. The van der Waals surface area contributed by atoms with Gasteiger partial charge in [-0.05, 0) is 12.1 Å². The van der Waals surface area contributed by atoms with Crippen LogP contribution in [0.5, 0.6) is 11.5 Å². The van der Waals surface area contributed by atoms with Gasteiger partial charge in [-0.1, -0.05) is 0 Å². The second kappa shape index (κ2) is 5.46. The molecule has 104 valence electrons. The van der Waals surface area contributed by atoms with Crippen molar-refractivity contribution >= 4 is 5.91 Å². The lowest BCUT2D eigenvalue weighted by Crippen LogP contribution is -2.30. The van der Waals surface area contributed by atoms with Gasteiger partial charge in [0.05, 0.1) is 5.56 Å². The summed E-state index contributed by atoms with van der Waals surface area (Å²) in [6.45, 7) is 0.822. The number of carbonyl (C=O) groups is 1. The number of phenolic OH excluding ortho intramolecular Hbond substituents is 2. The predicted octanol–water partition coefficient (Wildman–Crippen LogP) is 0.584. The monoisotopic (exact) mass is 267 g/mol. The molecule has 6 nitrogen and oxygen atoms in total. The van der Waals surface area contributed by atoms with Crippen molar-refractivity contribution < 1.29 is 24.5 Å². The van der Waals surface area contributed by atoms with Gasteiger partial charge in [-0.3, -0.25) is 4.79 Å². The molecule has 0 bridgehead atoms. The number of phenols is 2. The third-order valence-corrected chi connectivity index (χ3v) is 3.32. The van der Waals surface area contributed by atoms with Gasteiger partial charge in [-0.15, -0.1) is 0 Å². The lowest BCUT2D eigenvalue weighted by atomic mass is 10.1. The number of hydrogen-bond donors (Lipinski definition) is 2. The molecule has 6 heteroatoms. The van der Waals surface area contributed by atoms with Gasteiger partial charge in [-0.25, -0.2) is 0 Å². The smallest absolute Gasteiger partial charge is 0.257 e. The Balaban J connectivity index is 2.17. The standard InChI is InChI=1S/C13H17NO5/c1-18-11-6-14(7-12(11)19-2)13(17)9-4-3-8(15)5-10(9)16/h3-5,11-12,15-16H,6-7H2,1-2H3. The van der Waals surface area contributed by atoms with Crippen molar-refractivity contribution in [1.29, 1.82) is 0 Å². The molecule has 0 aliphatic carbocycles. The van der Waals surface area contributed by atoms with E-state index in [-0.39, 0.29) is 35.2 Å². The molecule has 2 unspecified atom stereocenters. The van der Waals surface area contributed by atoms with Gasteiger partial charge < -0.3 is 24.6 Å². The summed E-state index contributed by atoms with van der Waals surface area (Å²) >= 11 is 0. The maximum absolute atomic E-state index is 12.3. The molecule has 1 aromatic carbocycles. The molecule has 0 saturated carbocycles. The lowest BCUT2D eigenvalue weighted by Gasteiger charge is -2.16. The summed E-state index contributed by atoms with van der Waals surface area (Å²) in [6.07, 6.45) is -0.346. The zero-order valence-corrected chi connectivity index (χ0v) is 10.9. The number of nitrogens with zero attached hydrogens (tertiary/aromatic N) is 1. The van der Waals surface area contributed by atoms with Crippen molar-refractivity contribution in [2.45, 2.75) is 12.2 Å². The number of methoxy groups -OCH3 is 2. The van der Waals surface area contributed by atoms with Crippen LogP contribution in [-0.2, 0) is 9.47 Å². The number of aromatic hydroxyl groups is 2. The van der Waals surface area contributed by atoms with E-state index in [9.17, 15) is 15.0 Å². The lowest BCUT2D eigenvalue weighted by molar-refractivity contribution is -0.00461. The van der Waals surface area contributed by atoms with Crippen LogP contribution < -0.4 is 0 Å². The molecule has 1 aliphatic heterocycles. The van der Waals surface area contributed by atoms with E-state index < -0.39 is 0 Å². The van der Waals surface area contributed by atoms with E-state index in [4.69, 9.17) is 9.47 Å². The van der Waals surface area contributed by atoms with Crippen molar-refractivity contribution in [3.63, 3.8) is 0 Å². The molecule has 1 heterocycles. The van der Waals surface area contributed by atoms with Crippen LogP contribution in [-0.4, -0.2) is 60.5 Å². The van der Waals surface area contributed by atoms with Crippen LogP contribution in [0, 0.1) is 0 Å². The number of amides is 1. The third kappa shape index (κ3) is 2.64. The third-order valence-electron chi connectivity index (χ3n) is 3.32. The summed E-state index contributed by atoms with van der Waals surface area (Å²) in [5.74, 6) is -0.626. The molecule has 1 amide bonds. The van der Waals surface area contributed by atoms with Gasteiger partial charge in [0.2, 0.25) is 0 Å². The summed E-state index contributed by atoms with van der Waals surface area (Å²) in [7, 11) is 3.14. The zero-order chi connectivity index (χ0) is 14.0. The Morgan fingerprint density at radius 2 is 1.79 bits per heavy atom. The molecule has 19 heavy (non-hydrogen) atoms. The van der Waals surface area contributed by atoms with E-state index in [0.717, 1.165) is 6.07 Å². The number of ether oxygens (including phenoxy) is 2. The van der Waals surface area contributed by atoms with Gasteiger partial charge in [0.25, 0.3) is 5.91 Å². The minimum absolute atomic E-state index is 0.0833. The molecule has 2 N–H and O–H groups in total. The fourth-order valence-electron chi connectivity index (χ4n) is 2.23. The van der Waals surface area contributed by atoms with Crippen LogP contribution in [0.3, 0.4) is 0 Å². The normalized spacial score (nSPS) is 22.7. The van der Waals surface area contributed by atoms with Gasteiger partial charge in [-0.2, -0.15) is 0 Å². The number of carbonyl (C=O) groups excluding carboxylic acids is 1. The number of likely N-dealkylation sites (tertiary alicyclic amines) is 1. The first-order valence-corrected chi connectivity index (χ1v) is 5.93. The Kier molecular flexibility index (Phi) is 3.92. The topological polar surface area (TPSA) is 79.2 Å². The maximum Gasteiger partial charge on any atom is 0.257 e. The van der Waals surface area contributed by atoms with Gasteiger partial charge in [0.1, 0.15) is 23.7 Å². The van der Waals surface area contributed by atoms with Crippen molar-refractivity contribution in [1.82, 2.24) is 4.90 Å². The highest BCUT2D eigenvalue weighted by Crippen LogP contribution is 2.26. The fraction of sp³-hybridized carbons (Fsp3) is 0.462. The van der Waals surface area contributed by atoms with Crippen LogP contribution in [0.2, 0.25) is 0 Å². The van der Waals surface area contributed by atoms with Gasteiger partial charge in [0.15, 0.2) is 0 Å². The highest BCUT2D eigenvalue weighted by atomic mass is 16.5. The summed E-state index contributed by atoms with van der Waals surface area (Å²) < 4.78 is 10.5. The van der Waals surface area contributed by atoms with Crippen molar-refractivity contribution in [2.24, 2.45) is 0 Å². The minimum Gasteiger partial charge on any atom is -0.508 e. The fourth-order valence-corrected chi connectivity index (χ4v) is 2.23. The summed E-state index contributed by atoms with van der Waals surface area (Å²) in [5.41, 5.74) is 0.157. The Morgan fingerprint density at radius 1 is 1.21 bits per heavy atom. The highest BCUT2D eigenvalue weighted by molar-refractivity contribution is 5.97. The molecule has 0 spiro atoms. The van der Waals surface area contributed by atoms with Crippen molar-refractivity contribution in [3.05, 3.63) is 23.8 Å². The Morgan fingerprint density at radius 3 is 2.26 bits per heavy atom. The number of hydrogen-bond acceptors (Lipinski definition) is 5. The molecule has 0 radical (unpaired) electrons. The Bertz CT molecular complexity index is 464. The predicted molar refractivity (Wildman–Crippen MR) is 67.3 cm³/mol. The quantitative estimate of drug-likeness (QED) is 0.837. The first-order valence-electron chi connectivity index (χ1n) is 5.93. The molecular formula is C13H17NO5. The van der Waals surface area contributed by atoms with E-state index >= 15 is 0 Å². The van der Waals surface area contributed by atoms with Crippen molar-refractivity contribution in [2.75, 3.05) is 27.3 Å². The van der Waals surface area contributed by atoms with Crippen molar-refractivity contribution in [3.8, 4) is 11.5 Å². The second-order valence-electron chi connectivity index (χ2n) is 4.46. The largest absolute Gasteiger partial charge is 0.508 e. The average molecular weight is 267 g/mol. The minimum atomic E-state index is -0.306. The number of rotatable bonds is 3. The van der Waals surface area contributed by atoms with Crippen LogP contribution >= 0.6 is 0 Å². The van der Waals surface area contributed by atoms with Gasteiger partial charge in [0, 0.05) is 33.4 Å². The van der Waals surface area contributed by atoms with E-state index in [1.54, 1.807) is 19.1 Å². The molecule has 1 aliphatic rings. The summed E-state index contributed by atoms with van der Waals surface area (Å²) in [6, 6.07) is 3.91. The van der Waals surface area contributed by atoms with E-state index in [2.05, 4.69) is 0 Å². The SMILES string of the molecule is COC1CN(C(=O)c2ccc(O)cc2O)CC1OC. The Hall–Kier alpha value is -1.79. The maximum atomic E-state index is 12.3. The summed E-state index contributed by atoms with van der Waals surface area (Å²) in [4.78, 5) is 13.8. The average Bonchev–Trinajstić information content (AvgIpc) is 2.81. The number of benzene rings is 1. The van der Waals surface area contributed by atoms with Crippen LogP contribution in [0.4, 0.5) is 0 Å². The van der Waals surface area contributed by atoms with Crippen LogP contribution in [0.1, 0.15) is 10.4 Å². The molecule has 1 fully saturated rings. The van der Waals surface area contributed by atoms with E-state index in [1.807, 2.05) is 0 Å². The Labute approximate surface area is 111 Å². The van der Waals surface area contributed by atoms with E-state index in [0.29, 0.717) is 13.1 Å². The summed E-state index contributed by atoms with van der Waals surface area (Å²) in [5, 5.41) is 18.9. The molecule has 1 aromatic rings. The second-order valence-corrected chi connectivity index (χ2v) is 4.46. The van der Waals surface area contributed by atoms with Crippen LogP contribution in [0.25, 0.3) is 0 Å². The molecule has 1 saturated heterocycles. The molecule has 2 atom stereocenters. The highest BCUT2D eigenvalue weighted by Gasteiger charge is 2.36. The molecule has 2 rings (SSSR count). The first-order chi connectivity index (χ1) is 9.06.